The molecule has 0 aliphatic carbocycles. The standard InChI is InChI=1S/C51H31N3OS/c1-3-12-32(13-4-1)34-16-11-17-37(28-34)50-52-49(33-14-5-2-6-15-33)53-51(54-50)38-23-26-43-42-25-22-36(30-47(42)56-48(43)31-38)40-19-8-7-18-39(40)35-24-27-46-44(29-35)41-20-9-10-21-45(41)55-46/h1-31H. The van der Waals surface area contributed by atoms with E-state index in [0.29, 0.717) is 17.5 Å². The topological polar surface area (TPSA) is 51.8 Å². The number of para-hydroxylation sites is 1. The molecule has 0 atom stereocenters. The molecule has 0 spiro atoms. The number of aromatic nitrogens is 3. The molecule has 3 heterocycles. The molecule has 11 rings (SSSR count). The third-order valence-electron chi connectivity index (χ3n) is 10.6. The lowest BCUT2D eigenvalue weighted by molar-refractivity contribution is 0.669. The number of thiophene rings is 1. The molecule has 56 heavy (non-hydrogen) atoms. The van der Waals surface area contributed by atoms with Crippen LogP contribution >= 0.6 is 11.3 Å². The first-order chi connectivity index (χ1) is 27.7. The molecule has 4 nitrogen and oxygen atoms in total. The van der Waals surface area contributed by atoms with Crippen molar-refractivity contribution in [1.29, 1.82) is 0 Å². The van der Waals surface area contributed by atoms with Crippen molar-refractivity contribution in [2.45, 2.75) is 0 Å². The second kappa shape index (κ2) is 13.3. The lowest BCUT2D eigenvalue weighted by atomic mass is 9.93. The summed E-state index contributed by atoms with van der Waals surface area (Å²) >= 11 is 1.80. The molecule has 0 amide bonds. The fraction of sp³-hybridized carbons (Fsp3) is 0. The number of fused-ring (bicyclic) bond motifs is 6. The minimum Gasteiger partial charge on any atom is -0.456 e. The zero-order chi connectivity index (χ0) is 37.0. The van der Waals surface area contributed by atoms with Gasteiger partial charge in [-0.1, -0.05) is 152 Å². The average Bonchev–Trinajstić information content (AvgIpc) is 3.84. The Labute approximate surface area is 327 Å². The van der Waals surface area contributed by atoms with Gasteiger partial charge in [0.2, 0.25) is 0 Å². The first kappa shape index (κ1) is 32.2. The highest BCUT2D eigenvalue weighted by Gasteiger charge is 2.16. The Morgan fingerprint density at radius 1 is 0.304 bits per heavy atom. The highest BCUT2D eigenvalue weighted by Crippen LogP contribution is 2.41. The van der Waals surface area contributed by atoms with Crippen molar-refractivity contribution in [2.24, 2.45) is 0 Å². The van der Waals surface area contributed by atoms with Crippen LogP contribution in [-0.2, 0) is 0 Å². The number of rotatable bonds is 6. The molecule has 0 N–H and O–H groups in total. The summed E-state index contributed by atoms with van der Waals surface area (Å²) in [6.45, 7) is 0. The third kappa shape index (κ3) is 5.65. The van der Waals surface area contributed by atoms with E-state index in [9.17, 15) is 0 Å². The molecule has 0 saturated carbocycles. The maximum Gasteiger partial charge on any atom is 0.164 e. The first-order valence-electron chi connectivity index (χ1n) is 18.7. The predicted octanol–water partition coefficient (Wildman–Crippen LogP) is 14.1. The first-order valence-corrected chi connectivity index (χ1v) is 19.5. The molecule has 0 fully saturated rings. The number of hydrogen-bond donors (Lipinski definition) is 0. The molecule has 0 saturated heterocycles. The van der Waals surface area contributed by atoms with Crippen molar-refractivity contribution < 1.29 is 4.42 Å². The molecule has 3 aromatic heterocycles. The van der Waals surface area contributed by atoms with Crippen molar-refractivity contribution in [1.82, 2.24) is 15.0 Å². The Morgan fingerprint density at radius 3 is 1.54 bits per heavy atom. The normalized spacial score (nSPS) is 11.6. The van der Waals surface area contributed by atoms with E-state index in [2.05, 4.69) is 140 Å². The van der Waals surface area contributed by atoms with Gasteiger partial charge in [0, 0.05) is 47.6 Å². The second-order valence-electron chi connectivity index (χ2n) is 14.0. The van der Waals surface area contributed by atoms with Gasteiger partial charge in [-0.2, -0.15) is 0 Å². The summed E-state index contributed by atoms with van der Waals surface area (Å²) in [4.78, 5) is 15.1. The van der Waals surface area contributed by atoms with Gasteiger partial charge < -0.3 is 4.42 Å². The van der Waals surface area contributed by atoms with Gasteiger partial charge in [-0.3, -0.25) is 0 Å². The average molecular weight is 734 g/mol. The Hall–Kier alpha value is -7.21. The lowest BCUT2D eigenvalue weighted by Crippen LogP contribution is -2.00. The fourth-order valence-electron chi connectivity index (χ4n) is 7.78. The van der Waals surface area contributed by atoms with Crippen LogP contribution < -0.4 is 0 Å². The molecule has 0 radical (unpaired) electrons. The van der Waals surface area contributed by atoms with E-state index in [1.54, 1.807) is 11.3 Å². The number of furan rings is 1. The summed E-state index contributed by atoms with van der Waals surface area (Å²) in [5.41, 5.74) is 11.7. The monoisotopic (exact) mass is 733 g/mol. The molecule has 0 aliphatic rings. The second-order valence-corrected chi connectivity index (χ2v) is 15.1. The maximum atomic E-state index is 6.13. The summed E-state index contributed by atoms with van der Waals surface area (Å²) < 4.78 is 8.56. The van der Waals surface area contributed by atoms with Gasteiger partial charge in [0.25, 0.3) is 0 Å². The van der Waals surface area contributed by atoms with Crippen LogP contribution in [0.1, 0.15) is 0 Å². The number of hydrogen-bond acceptors (Lipinski definition) is 5. The van der Waals surface area contributed by atoms with Gasteiger partial charge in [0.05, 0.1) is 0 Å². The zero-order valence-corrected chi connectivity index (χ0v) is 30.9. The van der Waals surface area contributed by atoms with Crippen LogP contribution in [0.15, 0.2) is 192 Å². The van der Waals surface area contributed by atoms with Gasteiger partial charge in [-0.05, 0) is 69.8 Å². The van der Waals surface area contributed by atoms with Crippen LogP contribution in [0.2, 0.25) is 0 Å². The van der Waals surface area contributed by atoms with Crippen LogP contribution in [0.3, 0.4) is 0 Å². The molecular weight excluding hydrogens is 703 g/mol. The number of nitrogens with zero attached hydrogens (tertiary/aromatic N) is 3. The van der Waals surface area contributed by atoms with E-state index >= 15 is 0 Å². The summed E-state index contributed by atoms with van der Waals surface area (Å²) in [7, 11) is 0. The highest BCUT2D eigenvalue weighted by atomic mass is 32.1. The van der Waals surface area contributed by atoms with Crippen LogP contribution in [0.25, 0.3) is 110 Å². The van der Waals surface area contributed by atoms with Gasteiger partial charge in [-0.25, -0.2) is 15.0 Å². The Bertz CT molecular complexity index is 3260. The Balaban J connectivity index is 0.996. The Kier molecular flexibility index (Phi) is 7.64. The summed E-state index contributed by atoms with van der Waals surface area (Å²) in [6.07, 6.45) is 0. The van der Waals surface area contributed by atoms with Crippen molar-refractivity contribution in [3.63, 3.8) is 0 Å². The fourth-order valence-corrected chi connectivity index (χ4v) is 8.97. The van der Waals surface area contributed by atoms with Gasteiger partial charge in [-0.15, -0.1) is 11.3 Å². The van der Waals surface area contributed by atoms with E-state index < -0.39 is 0 Å². The molecule has 5 heteroatoms. The molecule has 262 valence electrons. The molecule has 8 aromatic carbocycles. The quantitative estimate of drug-likeness (QED) is 0.171. The Morgan fingerprint density at radius 2 is 0.804 bits per heavy atom. The van der Waals surface area contributed by atoms with Gasteiger partial charge in [0.1, 0.15) is 11.2 Å². The molecule has 11 aromatic rings. The molecule has 0 bridgehead atoms. The van der Waals surface area contributed by atoms with E-state index in [4.69, 9.17) is 19.4 Å². The molecule has 0 aliphatic heterocycles. The van der Waals surface area contributed by atoms with Crippen LogP contribution in [0.4, 0.5) is 0 Å². The van der Waals surface area contributed by atoms with Crippen LogP contribution in [0, 0.1) is 0 Å². The minimum absolute atomic E-state index is 0.645. The zero-order valence-electron chi connectivity index (χ0n) is 30.1. The highest BCUT2D eigenvalue weighted by molar-refractivity contribution is 7.25. The third-order valence-corrected chi connectivity index (χ3v) is 11.7. The SMILES string of the molecule is c1ccc(-c2cccc(-c3nc(-c4ccccc4)nc(-c4ccc5c(c4)sc4cc(-c6ccccc6-c6ccc7oc8ccccc8c7c6)ccc45)n3)c2)cc1. The van der Waals surface area contributed by atoms with Gasteiger partial charge in [0.15, 0.2) is 17.5 Å². The predicted molar refractivity (Wildman–Crippen MR) is 233 cm³/mol. The lowest BCUT2D eigenvalue weighted by Gasteiger charge is -2.11. The van der Waals surface area contributed by atoms with E-state index in [1.807, 2.05) is 48.5 Å². The van der Waals surface area contributed by atoms with Crippen LogP contribution in [-0.4, -0.2) is 15.0 Å². The van der Waals surface area contributed by atoms with E-state index in [-0.39, 0.29) is 0 Å². The van der Waals surface area contributed by atoms with Crippen molar-refractivity contribution >= 4 is 53.4 Å². The summed E-state index contributed by atoms with van der Waals surface area (Å²) in [6, 6.07) is 65.8. The summed E-state index contributed by atoms with van der Waals surface area (Å²) in [5, 5.41) is 4.72. The van der Waals surface area contributed by atoms with Crippen molar-refractivity contribution in [3.8, 4) is 67.5 Å². The smallest absolute Gasteiger partial charge is 0.164 e. The van der Waals surface area contributed by atoms with E-state index in [1.165, 1.54) is 42.4 Å². The summed E-state index contributed by atoms with van der Waals surface area (Å²) in [5.74, 6) is 1.94. The van der Waals surface area contributed by atoms with Gasteiger partial charge >= 0.3 is 0 Å². The van der Waals surface area contributed by atoms with E-state index in [0.717, 1.165) is 49.8 Å². The molecule has 0 unspecified atom stereocenters. The number of benzene rings is 8. The van der Waals surface area contributed by atoms with Crippen molar-refractivity contribution in [3.05, 3.63) is 188 Å². The maximum absolute atomic E-state index is 6.13. The van der Waals surface area contributed by atoms with Crippen molar-refractivity contribution in [2.75, 3.05) is 0 Å². The largest absolute Gasteiger partial charge is 0.456 e. The molecular formula is C51H31N3OS. The van der Waals surface area contributed by atoms with Crippen LogP contribution in [0.5, 0.6) is 0 Å². The minimum atomic E-state index is 0.645.